The number of rotatable bonds is 8. The third kappa shape index (κ3) is 4.25. The quantitative estimate of drug-likeness (QED) is 0.482. The van der Waals surface area contributed by atoms with Crippen molar-refractivity contribution < 1.29 is 8.78 Å². The van der Waals surface area contributed by atoms with Gasteiger partial charge in [-0.3, -0.25) is 0 Å². The number of allylic oxidation sites excluding steroid dienone is 3. The molecule has 0 fully saturated rings. The number of halogens is 2. The monoisotopic (exact) mass is 386 g/mol. The summed E-state index contributed by atoms with van der Waals surface area (Å²) in [6, 6.07) is 12.7. The van der Waals surface area contributed by atoms with E-state index in [1.165, 1.54) is 0 Å². The van der Waals surface area contributed by atoms with Crippen molar-refractivity contribution >= 4 is 11.8 Å². The molecule has 1 aliphatic rings. The number of nitriles is 2. The zero-order chi connectivity index (χ0) is 19.9. The first kappa shape index (κ1) is 21.2. The average molecular weight is 387 g/mol. The van der Waals surface area contributed by atoms with E-state index < -0.39 is 22.3 Å². The van der Waals surface area contributed by atoms with E-state index in [9.17, 15) is 10.5 Å². The van der Waals surface area contributed by atoms with Crippen LogP contribution in [0.3, 0.4) is 0 Å². The molecule has 0 aromatic heterocycles. The molecule has 2 nitrogen and oxygen atoms in total. The second-order valence-electron chi connectivity index (χ2n) is 6.65. The molecule has 0 aliphatic heterocycles. The van der Waals surface area contributed by atoms with E-state index in [0.29, 0.717) is 35.3 Å². The molecule has 0 radical (unpaired) electrons. The average Bonchev–Trinajstić information content (AvgIpc) is 2.69. The van der Waals surface area contributed by atoms with Crippen molar-refractivity contribution in [1.82, 2.24) is 0 Å². The molecule has 142 valence electrons. The number of nitrogens with zero attached hydrogens (tertiary/aromatic N) is 2. The summed E-state index contributed by atoms with van der Waals surface area (Å²) < 4.78 is 29.2. The maximum absolute atomic E-state index is 15.7. The third-order valence-electron chi connectivity index (χ3n) is 4.78. The highest BCUT2D eigenvalue weighted by atomic mass is 32.2. The Morgan fingerprint density at radius 2 is 1.59 bits per heavy atom. The fraction of sp³-hybridized carbons (Fsp3) is 0.455. The molecule has 2 atom stereocenters. The third-order valence-corrected chi connectivity index (χ3v) is 6.12. The van der Waals surface area contributed by atoms with Gasteiger partial charge in [0, 0.05) is 4.90 Å². The van der Waals surface area contributed by atoms with Crippen molar-refractivity contribution in [2.45, 2.75) is 62.0 Å². The fourth-order valence-corrected chi connectivity index (χ4v) is 4.48. The Kier molecular flexibility index (Phi) is 7.63. The summed E-state index contributed by atoms with van der Waals surface area (Å²) in [7, 11) is 0. The maximum atomic E-state index is 15.7. The van der Waals surface area contributed by atoms with Crippen molar-refractivity contribution in [3.8, 4) is 12.1 Å². The molecule has 0 spiro atoms. The molecule has 1 aromatic rings. The Bertz CT molecular complexity index is 802. The van der Waals surface area contributed by atoms with Crippen molar-refractivity contribution in [1.29, 1.82) is 10.5 Å². The second-order valence-corrected chi connectivity index (χ2v) is 7.97. The molecule has 0 N–H and O–H groups in total. The lowest BCUT2D eigenvalue weighted by Gasteiger charge is -2.35. The number of benzene rings is 1. The van der Waals surface area contributed by atoms with E-state index in [2.05, 4.69) is 0 Å². The predicted octanol–water partition coefficient (Wildman–Crippen LogP) is 7.02. The minimum absolute atomic E-state index is 0.291. The van der Waals surface area contributed by atoms with Crippen LogP contribution in [0.5, 0.6) is 0 Å². The summed E-state index contributed by atoms with van der Waals surface area (Å²) >= 11 is 0.929. The molecule has 0 saturated heterocycles. The molecule has 1 aromatic carbocycles. The molecule has 2 rings (SSSR count). The molecular formula is C22H24F2N2S. The van der Waals surface area contributed by atoms with Crippen molar-refractivity contribution in [2.24, 2.45) is 5.92 Å². The van der Waals surface area contributed by atoms with Gasteiger partial charge in [0.25, 0.3) is 0 Å². The first-order valence-corrected chi connectivity index (χ1v) is 10.2. The van der Waals surface area contributed by atoms with Crippen molar-refractivity contribution in [3.63, 3.8) is 0 Å². The highest BCUT2D eigenvalue weighted by molar-refractivity contribution is 8.01. The Balaban J connectivity index is 2.61. The van der Waals surface area contributed by atoms with Crippen LogP contribution in [0, 0.1) is 28.6 Å². The molecule has 1 aliphatic carbocycles. The van der Waals surface area contributed by atoms with Crippen molar-refractivity contribution in [2.75, 3.05) is 0 Å². The standard InChI is InChI=1S/C22H24F2N2S/c1-3-5-12-17-18(13-6-4-2)21(24)22(15-26,19(14-25)20(17)23)27-16-10-8-7-9-11-16/h7-11,19H,3-6,12-13H2,1-2H3. The van der Waals surface area contributed by atoms with E-state index in [4.69, 9.17) is 0 Å². The number of hydrogen-bond acceptors (Lipinski definition) is 3. The largest absolute Gasteiger partial charge is 0.210 e. The van der Waals surface area contributed by atoms with Crippen LogP contribution >= 0.6 is 11.8 Å². The SMILES string of the molecule is CCCCC1=C(F)C(C#N)C(C#N)(Sc2ccccc2)C(F)=C1CCCC. The lowest BCUT2D eigenvalue weighted by molar-refractivity contribution is 0.418. The maximum Gasteiger partial charge on any atom is 0.180 e. The van der Waals surface area contributed by atoms with Crippen LogP contribution in [0.15, 0.2) is 58.0 Å². The normalized spacial score (nSPS) is 22.5. The van der Waals surface area contributed by atoms with E-state index >= 15 is 8.78 Å². The summed E-state index contributed by atoms with van der Waals surface area (Å²) in [6.07, 6.45) is 3.89. The lowest BCUT2D eigenvalue weighted by Crippen LogP contribution is -2.38. The molecule has 0 saturated carbocycles. The predicted molar refractivity (Wildman–Crippen MR) is 105 cm³/mol. The van der Waals surface area contributed by atoms with Crippen LogP contribution in [-0.2, 0) is 0 Å². The highest BCUT2D eigenvalue weighted by Crippen LogP contribution is 2.54. The highest BCUT2D eigenvalue weighted by Gasteiger charge is 2.52. The topological polar surface area (TPSA) is 47.6 Å². The van der Waals surface area contributed by atoms with Crippen LogP contribution in [0.2, 0.25) is 0 Å². The molecule has 0 heterocycles. The van der Waals surface area contributed by atoms with E-state index in [-0.39, 0.29) is 0 Å². The minimum atomic E-state index is -1.89. The Morgan fingerprint density at radius 3 is 2.11 bits per heavy atom. The Labute approximate surface area is 164 Å². The van der Waals surface area contributed by atoms with Gasteiger partial charge in [0.05, 0.1) is 12.1 Å². The van der Waals surface area contributed by atoms with E-state index in [1.807, 2.05) is 32.1 Å². The smallest absolute Gasteiger partial charge is 0.180 e. The van der Waals surface area contributed by atoms with Crippen LogP contribution in [-0.4, -0.2) is 4.75 Å². The van der Waals surface area contributed by atoms with Gasteiger partial charge in [-0.05, 0) is 49.0 Å². The Hall–Kier alpha value is -2.11. The summed E-state index contributed by atoms with van der Waals surface area (Å²) in [5.74, 6) is -2.74. The Morgan fingerprint density at radius 1 is 1.00 bits per heavy atom. The molecule has 2 unspecified atom stereocenters. The molecular weight excluding hydrogens is 362 g/mol. The lowest BCUT2D eigenvalue weighted by atomic mass is 9.78. The number of hydrogen-bond donors (Lipinski definition) is 0. The van der Waals surface area contributed by atoms with Crippen LogP contribution < -0.4 is 0 Å². The zero-order valence-corrected chi connectivity index (χ0v) is 16.6. The molecule has 0 amide bonds. The summed E-state index contributed by atoms with van der Waals surface area (Å²) in [5.41, 5.74) is 0.591. The van der Waals surface area contributed by atoms with Crippen LogP contribution in [0.25, 0.3) is 0 Å². The fourth-order valence-electron chi connectivity index (χ4n) is 3.28. The molecule has 27 heavy (non-hydrogen) atoms. The minimum Gasteiger partial charge on any atom is -0.210 e. The number of unbranched alkanes of at least 4 members (excludes halogenated alkanes) is 2. The zero-order valence-electron chi connectivity index (χ0n) is 15.8. The molecule has 5 heteroatoms. The van der Waals surface area contributed by atoms with Crippen molar-refractivity contribution in [3.05, 3.63) is 53.1 Å². The van der Waals surface area contributed by atoms with Gasteiger partial charge in [0.1, 0.15) is 17.6 Å². The first-order chi connectivity index (χ1) is 13.1. The van der Waals surface area contributed by atoms with Gasteiger partial charge in [-0.1, -0.05) is 56.7 Å². The van der Waals surface area contributed by atoms with E-state index in [1.54, 1.807) is 24.3 Å². The van der Waals surface area contributed by atoms with Gasteiger partial charge < -0.3 is 0 Å². The summed E-state index contributed by atoms with van der Waals surface area (Å²) in [4.78, 5) is 0.633. The summed E-state index contributed by atoms with van der Waals surface area (Å²) in [5, 5.41) is 19.6. The van der Waals surface area contributed by atoms with E-state index in [0.717, 1.165) is 31.0 Å². The summed E-state index contributed by atoms with van der Waals surface area (Å²) in [6.45, 7) is 3.97. The van der Waals surface area contributed by atoms with Gasteiger partial charge in [0.15, 0.2) is 4.75 Å². The van der Waals surface area contributed by atoms with Crippen LogP contribution in [0.1, 0.15) is 52.4 Å². The van der Waals surface area contributed by atoms with Crippen LogP contribution in [0.4, 0.5) is 8.78 Å². The van der Waals surface area contributed by atoms with Gasteiger partial charge in [-0.2, -0.15) is 10.5 Å². The second kappa shape index (κ2) is 9.72. The van der Waals surface area contributed by atoms with Gasteiger partial charge in [-0.25, -0.2) is 8.78 Å². The van der Waals surface area contributed by atoms with Gasteiger partial charge in [0.2, 0.25) is 0 Å². The van der Waals surface area contributed by atoms with Gasteiger partial charge >= 0.3 is 0 Å². The number of thioether (sulfide) groups is 1. The van der Waals surface area contributed by atoms with Gasteiger partial charge in [-0.15, -0.1) is 0 Å². The molecule has 0 bridgehead atoms. The first-order valence-electron chi connectivity index (χ1n) is 9.38.